The second-order valence-electron chi connectivity index (χ2n) is 15.0. The van der Waals surface area contributed by atoms with Crippen LogP contribution in [0.4, 0.5) is 11.6 Å². The van der Waals surface area contributed by atoms with Gasteiger partial charge in [-0.3, -0.25) is 4.57 Å². The van der Waals surface area contributed by atoms with Gasteiger partial charge in [0.2, 0.25) is 0 Å². The number of aromatic nitrogens is 4. The first-order valence-electron chi connectivity index (χ1n) is 20.8. The van der Waals surface area contributed by atoms with Crippen LogP contribution in [-0.2, 0) is 13.1 Å². The molecule has 274 valence electrons. The molecule has 0 saturated heterocycles. The summed E-state index contributed by atoms with van der Waals surface area (Å²) in [6, 6.07) is 0. The summed E-state index contributed by atoms with van der Waals surface area (Å²) in [7, 11) is 0. The third-order valence-corrected chi connectivity index (χ3v) is 10.5. The molecule has 0 amide bonds. The summed E-state index contributed by atoms with van der Waals surface area (Å²) < 4.78 is 4.00. The van der Waals surface area contributed by atoms with Crippen molar-refractivity contribution in [2.24, 2.45) is 10.9 Å². The molecule has 2 N–H and O–H groups in total. The van der Waals surface area contributed by atoms with Crippen LogP contribution in [0.1, 0.15) is 201 Å². The van der Waals surface area contributed by atoms with Crippen molar-refractivity contribution in [2.75, 3.05) is 5.32 Å². The lowest BCUT2D eigenvalue weighted by Crippen LogP contribution is -2.19. The minimum absolute atomic E-state index is 0.0611. The molecule has 2 aromatic rings. The number of unbranched alkanes of at least 4 members (excludes halogenated alkanes) is 25. The quantitative estimate of drug-likeness (QED) is 0.0786. The van der Waals surface area contributed by atoms with E-state index in [1.54, 1.807) is 6.34 Å². The van der Waals surface area contributed by atoms with E-state index < -0.39 is 0 Å². The highest BCUT2D eigenvalue weighted by atomic mass is 16.1. The van der Waals surface area contributed by atoms with Crippen LogP contribution in [0.25, 0.3) is 11.4 Å². The number of nitrogens with zero attached hydrogens (tertiary/aromatic N) is 4. The molecule has 1 aliphatic heterocycles. The average Bonchev–Trinajstić information content (AvgIpc) is 3.56. The first kappa shape index (κ1) is 40.1. The Morgan fingerprint density at radius 3 is 1.60 bits per heavy atom. The van der Waals surface area contributed by atoms with Crippen LogP contribution in [0, 0.1) is 5.92 Å². The van der Waals surface area contributed by atoms with E-state index in [9.17, 15) is 4.79 Å². The van der Waals surface area contributed by atoms with Crippen LogP contribution in [0.15, 0.2) is 16.1 Å². The summed E-state index contributed by atoms with van der Waals surface area (Å²) in [5, 5.41) is 3.29. The van der Waals surface area contributed by atoms with Gasteiger partial charge in [0, 0.05) is 13.1 Å². The Morgan fingerprint density at radius 1 is 0.646 bits per heavy atom. The van der Waals surface area contributed by atoms with Gasteiger partial charge in [-0.15, -0.1) is 0 Å². The Labute approximate surface area is 294 Å². The fourth-order valence-electron chi connectivity index (χ4n) is 7.38. The van der Waals surface area contributed by atoms with Crippen molar-refractivity contribution in [3.63, 3.8) is 0 Å². The van der Waals surface area contributed by atoms with Gasteiger partial charge in [0.15, 0.2) is 5.82 Å². The summed E-state index contributed by atoms with van der Waals surface area (Å²) in [6.07, 6.45) is 41.7. The van der Waals surface area contributed by atoms with E-state index in [1.807, 2.05) is 10.9 Å². The summed E-state index contributed by atoms with van der Waals surface area (Å²) in [5.41, 5.74) is 1.48. The molecule has 1 atom stereocenters. The number of aliphatic imine (C=N–C) groups is 1. The lowest BCUT2D eigenvalue weighted by molar-refractivity contribution is 0.425. The maximum absolute atomic E-state index is 13.0. The maximum atomic E-state index is 13.0. The summed E-state index contributed by atoms with van der Waals surface area (Å²) in [5.74, 6) is 2.19. The first-order valence-corrected chi connectivity index (χ1v) is 20.8. The number of aromatic amines is 1. The number of hydrogen-bond acceptors (Lipinski definition) is 4. The molecular formula is C41H74N6O. The predicted molar refractivity (Wildman–Crippen MR) is 208 cm³/mol. The molecule has 0 fully saturated rings. The van der Waals surface area contributed by atoms with Crippen molar-refractivity contribution < 1.29 is 0 Å². The monoisotopic (exact) mass is 667 g/mol. The normalized spacial score (nSPS) is 13.0. The summed E-state index contributed by atoms with van der Waals surface area (Å²) >= 11 is 0. The molecule has 0 aliphatic carbocycles. The standard InChI is InChI=1S/C41H74N6O/c1-4-6-8-10-12-14-15-16-17-18-19-20-21-22-24-26-28-30-32-47-40-38(45-41(47)48)37-39(42-34-43-40)46(35-44-37)33-36(3)31-29-27-25-23-13-11-9-7-5-2/h34-36H,4-33H2,1-3H3,(H,42,43)(H,45,48). The highest BCUT2D eigenvalue weighted by Gasteiger charge is 2.23. The minimum atomic E-state index is -0.0611. The third-order valence-electron chi connectivity index (χ3n) is 10.5. The van der Waals surface area contributed by atoms with E-state index in [2.05, 4.69) is 35.6 Å². The van der Waals surface area contributed by atoms with Gasteiger partial charge in [-0.25, -0.2) is 14.8 Å². The Kier molecular flexibility index (Phi) is 21.4. The van der Waals surface area contributed by atoms with E-state index in [0.717, 1.165) is 49.0 Å². The number of H-pyrrole nitrogens is 1. The Bertz CT molecular complexity index is 1160. The lowest BCUT2D eigenvalue weighted by Gasteiger charge is -2.13. The average molecular weight is 667 g/mol. The highest BCUT2D eigenvalue weighted by Crippen LogP contribution is 2.35. The molecule has 7 heteroatoms. The second kappa shape index (κ2) is 25.6. The fourth-order valence-corrected chi connectivity index (χ4v) is 7.38. The zero-order valence-corrected chi connectivity index (χ0v) is 31.6. The molecule has 0 radical (unpaired) electrons. The molecule has 0 aromatic carbocycles. The minimum Gasteiger partial charge on any atom is -0.330 e. The first-order chi connectivity index (χ1) is 23.7. The van der Waals surface area contributed by atoms with Gasteiger partial charge in [0.05, 0.1) is 12.7 Å². The van der Waals surface area contributed by atoms with Crippen LogP contribution in [0.5, 0.6) is 0 Å². The Hall–Kier alpha value is -2.31. The van der Waals surface area contributed by atoms with Gasteiger partial charge in [0.1, 0.15) is 17.2 Å². The van der Waals surface area contributed by atoms with Crippen molar-refractivity contribution >= 4 is 18.0 Å². The fraction of sp³-hybridized carbons (Fsp3) is 0.829. The van der Waals surface area contributed by atoms with E-state index in [4.69, 9.17) is 9.98 Å². The third kappa shape index (κ3) is 15.5. The van der Waals surface area contributed by atoms with Crippen molar-refractivity contribution in [2.45, 2.75) is 214 Å². The molecule has 0 saturated carbocycles. The number of imidazole rings is 2. The number of hydrogen-bond donors (Lipinski definition) is 2. The van der Waals surface area contributed by atoms with E-state index in [-0.39, 0.29) is 5.69 Å². The van der Waals surface area contributed by atoms with Crippen LogP contribution in [-0.4, -0.2) is 25.4 Å². The largest absolute Gasteiger partial charge is 0.330 e. The van der Waals surface area contributed by atoms with Crippen LogP contribution < -0.4 is 11.0 Å². The molecule has 3 rings (SSSR count). The molecule has 7 nitrogen and oxygen atoms in total. The van der Waals surface area contributed by atoms with Gasteiger partial charge in [0.25, 0.3) is 0 Å². The molecular weight excluding hydrogens is 592 g/mol. The maximum Gasteiger partial charge on any atom is 0.327 e. The van der Waals surface area contributed by atoms with Crippen LogP contribution >= 0.6 is 0 Å². The van der Waals surface area contributed by atoms with Crippen LogP contribution in [0.3, 0.4) is 0 Å². The topological polar surface area (TPSA) is 80.0 Å². The smallest absolute Gasteiger partial charge is 0.327 e. The number of anilines is 1. The van der Waals surface area contributed by atoms with Crippen molar-refractivity contribution in [1.29, 1.82) is 0 Å². The summed E-state index contributed by atoms with van der Waals surface area (Å²) in [6.45, 7) is 8.52. The zero-order chi connectivity index (χ0) is 34.1. The molecule has 48 heavy (non-hydrogen) atoms. The second-order valence-corrected chi connectivity index (χ2v) is 15.0. The molecule has 0 bridgehead atoms. The van der Waals surface area contributed by atoms with Gasteiger partial charge >= 0.3 is 5.69 Å². The Morgan fingerprint density at radius 2 is 1.10 bits per heavy atom. The lowest BCUT2D eigenvalue weighted by atomic mass is 10.0. The van der Waals surface area contributed by atoms with Gasteiger partial charge in [-0.1, -0.05) is 188 Å². The SMILES string of the molecule is CCCCCCCCCCCCCCCCCCCCn1c2c([nH]c1=O)-c1ncn(CC(C)CCCCCCCCCCC)c1N=CN2. The Balaban J connectivity index is 1.27. The molecule has 2 aromatic heterocycles. The van der Waals surface area contributed by atoms with E-state index in [1.165, 1.54) is 167 Å². The van der Waals surface area contributed by atoms with E-state index >= 15 is 0 Å². The van der Waals surface area contributed by atoms with Crippen LogP contribution in [0.2, 0.25) is 0 Å². The number of nitrogens with one attached hydrogen (secondary N) is 2. The number of rotatable bonds is 31. The van der Waals surface area contributed by atoms with Gasteiger partial charge in [-0.05, 0) is 18.8 Å². The molecule has 1 unspecified atom stereocenters. The molecule has 1 aliphatic rings. The highest BCUT2D eigenvalue weighted by molar-refractivity contribution is 5.89. The summed E-state index contributed by atoms with van der Waals surface area (Å²) in [4.78, 5) is 25.5. The van der Waals surface area contributed by atoms with Crippen molar-refractivity contribution in [1.82, 2.24) is 19.1 Å². The van der Waals surface area contributed by atoms with Gasteiger partial charge < -0.3 is 14.9 Å². The molecule has 3 heterocycles. The van der Waals surface area contributed by atoms with Crippen molar-refractivity contribution in [3.05, 3.63) is 16.8 Å². The number of fused-ring (bicyclic) bond motifs is 3. The van der Waals surface area contributed by atoms with Crippen molar-refractivity contribution in [3.8, 4) is 11.4 Å². The van der Waals surface area contributed by atoms with E-state index in [0.29, 0.717) is 5.92 Å². The molecule has 0 spiro atoms. The zero-order valence-electron chi connectivity index (χ0n) is 31.6. The van der Waals surface area contributed by atoms with Gasteiger partial charge in [-0.2, -0.15) is 0 Å². The predicted octanol–water partition coefficient (Wildman–Crippen LogP) is 12.7.